The normalized spacial score (nSPS) is 22.3. The first-order chi connectivity index (χ1) is 13.1. The maximum atomic E-state index is 13.0. The lowest BCUT2D eigenvalue weighted by atomic mass is 10.1. The van der Waals surface area contributed by atoms with Crippen molar-refractivity contribution >= 4 is 6.09 Å². The summed E-state index contributed by atoms with van der Waals surface area (Å²) >= 11 is 0. The molecule has 7 heteroatoms. The number of ether oxygens (including phenoxy) is 1. The summed E-state index contributed by atoms with van der Waals surface area (Å²) in [6.07, 6.45) is 5.21. The molecule has 1 aromatic carbocycles. The first kappa shape index (κ1) is 18.0. The number of halogens is 1. The molecule has 2 saturated heterocycles. The minimum absolute atomic E-state index is 0.0617. The van der Waals surface area contributed by atoms with Gasteiger partial charge in [-0.25, -0.2) is 14.2 Å². The van der Waals surface area contributed by atoms with Crippen LogP contribution in [0.5, 0.6) is 0 Å². The van der Waals surface area contributed by atoms with Crippen LogP contribution in [0, 0.1) is 5.82 Å². The van der Waals surface area contributed by atoms with Crippen molar-refractivity contribution in [2.45, 2.75) is 45.0 Å². The molecule has 2 aromatic rings. The van der Waals surface area contributed by atoms with Crippen LogP contribution in [0.1, 0.15) is 24.7 Å². The minimum atomic E-state index is -0.223. The molecule has 0 N–H and O–H groups in total. The number of fused-ring (bicyclic) bond motifs is 1. The number of nitrogens with zero attached hydrogens (tertiary/aromatic N) is 4. The van der Waals surface area contributed by atoms with Crippen LogP contribution in [0.2, 0.25) is 0 Å². The largest absolute Gasteiger partial charge is 0.442 e. The second-order valence-electron chi connectivity index (χ2n) is 7.24. The van der Waals surface area contributed by atoms with Crippen LogP contribution in [0.15, 0.2) is 36.7 Å². The molecule has 0 spiro atoms. The van der Waals surface area contributed by atoms with E-state index in [-0.39, 0.29) is 24.1 Å². The Labute approximate surface area is 158 Å². The number of hydrogen-bond acceptors (Lipinski definition) is 4. The molecule has 2 atom stereocenters. The minimum Gasteiger partial charge on any atom is -0.442 e. The van der Waals surface area contributed by atoms with Crippen LogP contribution < -0.4 is 0 Å². The topological polar surface area (TPSA) is 50.6 Å². The summed E-state index contributed by atoms with van der Waals surface area (Å²) in [6.45, 7) is 6.00. The second kappa shape index (κ2) is 7.68. The number of likely N-dealkylation sites (tertiary alicyclic amines) is 1. The summed E-state index contributed by atoms with van der Waals surface area (Å²) in [7, 11) is 0. The van der Waals surface area contributed by atoms with E-state index in [9.17, 15) is 9.18 Å². The molecule has 2 fully saturated rings. The molecule has 0 saturated carbocycles. The van der Waals surface area contributed by atoms with Gasteiger partial charge in [-0.2, -0.15) is 0 Å². The van der Waals surface area contributed by atoms with Crippen LogP contribution in [0.4, 0.5) is 9.18 Å². The van der Waals surface area contributed by atoms with Gasteiger partial charge in [0.25, 0.3) is 0 Å². The monoisotopic (exact) mass is 372 g/mol. The lowest BCUT2D eigenvalue weighted by molar-refractivity contribution is 0.119. The molecule has 144 valence electrons. The molecule has 27 heavy (non-hydrogen) atoms. The highest BCUT2D eigenvalue weighted by atomic mass is 19.1. The van der Waals surface area contributed by atoms with Crippen LogP contribution in [-0.2, 0) is 24.2 Å². The molecule has 0 unspecified atom stereocenters. The number of amides is 1. The lowest BCUT2D eigenvalue weighted by Gasteiger charge is -2.22. The van der Waals surface area contributed by atoms with Crippen LogP contribution in [-0.4, -0.2) is 57.2 Å². The Bertz CT molecular complexity index is 792. The van der Waals surface area contributed by atoms with E-state index in [1.165, 1.54) is 12.1 Å². The number of benzene rings is 1. The Morgan fingerprint density at radius 1 is 1.26 bits per heavy atom. The van der Waals surface area contributed by atoms with E-state index in [0.717, 1.165) is 50.4 Å². The Kier molecular flexibility index (Phi) is 5.11. The van der Waals surface area contributed by atoms with Gasteiger partial charge >= 0.3 is 6.09 Å². The van der Waals surface area contributed by atoms with Gasteiger partial charge < -0.3 is 14.2 Å². The predicted molar refractivity (Wildman–Crippen MR) is 98.7 cm³/mol. The Balaban J connectivity index is 1.32. The first-order valence-corrected chi connectivity index (χ1v) is 9.58. The highest BCUT2D eigenvalue weighted by molar-refractivity contribution is 5.71. The van der Waals surface area contributed by atoms with Crippen molar-refractivity contribution in [3.05, 3.63) is 53.9 Å². The average molecular weight is 372 g/mol. The van der Waals surface area contributed by atoms with E-state index in [4.69, 9.17) is 4.74 Å². The lowest BCUT2D eigenvalue weighted by Crippen LogP contribution is -2.38. The maximum Gasteiger partial charge on any atom is 0.410 e. The van der Waals surface area contributed by atoms with Gasteiger partial charge in [0.05, 0.1) is 12.6 Å². The zero-order chi connectivity index (χ0) is 18.8. The third-order valence-electron chi connectivity index (χ3n) is 5.48. The predicted octanol–water partition coefficient (Wildman–Crippen LogP) is 2.68. The summed E-state index contributed by atoms with van der Waals surface area (Å²) in [4.78, 5) is 20.8. The first-order valence-electron chi connectivity index (χ1n) is 9.58. The molecule has 2 aliphatic heterocycles. The third-order valence-corrected chi connectivity index (χ3v) is 5.48. The molecule has 0 bridgehead atoms. The van der Waals surface area contributed by atoms with Crippen LogP contribution in [0.3, 0.4) is 0 Å². The van der Waals surface area contributed by atoms with E-state index in [2.05, 4.69) is 21.4 Å². The molecule has 4 rings (SSSR count). The van der Waals surface area contributed by atoms with Gasteiger partial charge in [-0.3, -0.25) is 4.90 Å². The molecule has 3 heterocycles. The molecular weight excluding hydrogens is 347 g/mol. The van der Waals surface area contributed by atoms with E-state index < -0.39 is 0 Å². The Morgan fingerprint density at radius 3 is 2.85 bits per heavy atom. The van der Waals surface area contributed by atoms with E-state index >= 15 is 0 Å². The summed E-state index contributed by atoms with van der Waals surface area (Å²) in [5.41, 5.74) is 1.08. The highest BCUT2D eigenvalue weighted by Gasteiger charge is 2.47. The van der Waals surface area contributed by atoms with Crippen molar-refractivity contribution in [2.24, 2.45) is 0 Å². The molecule has 0 radical (unpaired) electrons. The van der Waals surface area contributed by atoms with Gasteiger partial charge in [0.15, 0.2) is 0 Å². The van der Waals surface area contributed by atoms with Gasteiger partial charge in [-0.15, -0.1) is 0 Å². The Morgan fingerprint density at radius 2 is 2.07 bits per heavy atom. The second-order valence-corrected chi connectivity index (χ2v) is 7.24. The van der Waals surface area contributed by atoms with Gasteiger partial charge in [0.1, 0.15) is 17.7 Å². The van der Waals surface area contributed by atoms with Gasteiger partial charge in [0, 0.05) is 38.6 Å². The Hall–Kier alpha value is -2.41. The fraction of sp³-hybridized carbons (Fsp3) is 0.500. The van der Waals surface area contributed by atoms with Crippen LogP contribution in [0.25, 0.3) is 0 Å². The van der Waals surface area contributed by atoms with E-state index in [1.807, 2.05) is 17.3 Å². The fourth-order valence-corrected chi connectivity index (χ4v) is 4.05. The molecule has 2 aliphatic rings. The number of hydrogen-bond donors (Lipinski definition) is 0. The molecule has 0 aliphatic carbocycles. The van der Waals surface area contributed by atoms with Crippen molar-refractivity contribution in [1.82, 2.24) is 19.4 Å². The van der Waals surface area contributed by atoms with E-state index in [1.54, 1.807) is 12.1 Å². The molecule has 1 aromatic heterocycles. The number of carbonyl (C=O) groups is 1. The summed E-state index contributed by atoms with van der Waals surface area (Å²) in [6, 6.07) is 6.66. The number of rotatable bonds is 7. The van der Waals surface area contributed by atoms with Gasteiger partial charge in [0.2, 0.25) is 0 Å². The molecule has 6 nitrogen and oxygen atoms in total. The number of carbonyl (C=O) groups excluding carboxylic acids is 1. The van der Waals surface area contributed by atoms with Crippen molar-refractivity contribution < 1.29 is 13.9 Å². The molecule has 1 amide bonds. The van der Waals surface area contributed by atoms with Crippen LogP contribution >= 0.6 is 0 Å². The average Bonchev–Trinajstić information content (AvgIpc) is 3.33. The standard InChI is InChI=1S/C20H25FN4O2/c1-2-24-11-9-22-19(24)14-23-12-17-18(13-23)27-20(26)25(17)10-3-4-15-5-7-16(21)8-6-15/h5-9,11,17-18H,2-4,10,12-14H2,1H3/t17-,18+/m0/s1. The van der Waals surface area contributed by atoms with Crippen molar-refractivity contribution in [1.29, 1.82) is 0 Å². The smallest absolute Gasteiger partial charge is 0.410 e. The van der Waals surface area contributed by atoms with Crippen molar-refractivity contribution in [3.63, 3.8) is 0 Å². The zero-order valence-corrected chi connectivity index (χ0v) is 15.6. The number of aromatic nitrogens is 2. The summed E-state index contributed by atoms with van der Waals surface area (Å²) in [5.74, 6) is 0.825. The fourth-order valence-electron chi connectivity index (χ4n) is 4.05. The third kappa shape index (κ3) is 3.83. The van der Waals surface area contributed by atoms with Gasteiger partial charge in [-0.05, 0) is 37.5 Å². The number of imidazole rings is 1. The quantitative estimate of drug-likeness (QED) is 0.750. The SMILES string of the molecule is CCn1ccnc1CN1C[C@H]2OC(=O)N(CCCc3ccc(F)cc3)[C@H]2C1. The maximum absolute atomic E-state index is 13.0. The van der Waals surface area contributed by atoms with Gasteiger partial charge in [-0.1, -0.05) is 12.1 Å². The van der Waals surface area contributed by atoms with Crippen molar-refractivity contribution in [2.75, 3.05) is 19.6 Å². The summed E-state index contributed by atoms with van der Waals surface area (Å²) in [5, 5.41) is 0. The number of aryl methyl sites for hydroxylation is 2. The van der Waals surface area contributed by atoms with Crippen molar-refractivity contribution in [3.8, 4) is 0 Å². The van der Waals surface area contributed by atoms with E-state index in [0.29, 0.717) is 6.54 Å². The zero-order valence-electron chi connectivity index (χ0n) is 15.6. The highest BCUT2D eigenvalue weighted by Crippen LogP contribution is 2.28. The molecular formula is C20H25FN4O2. The summed E-state index contributed by atoms with van der Waals surface area (Å²) < 4.78 is 20.7.